The van der Waals surface area contributed by atoms with E-state index in [0.717, 1.165) is 25.3 Å². The van der Waals surface area contributed by atoms with Gasteiger partial charge < -0.3 is 10.0 Å². The van der Waals surface area contributed by atoms with Crippen LogP contribution in [0.3, 0.4) is 0 Å². The number of pyridine rings is 1. The molecule has 0 radical (unpaired) electrons. The molecule has 0 saturated carbocycles. The van der Waals surface area contributed by atoms with Gasteiger partial charge in [0.2, 0.25) is 0 Å². The van der Waals surface area contributed by atoms with E-state index in [1.807, 2.05) is 18.2 Å². The van der Waals surface area contributed by atoms with Gasteiger partial charge in [-0.15, -0.1) is 0 Å². The van der Waals surface area contributed by atoms with Crippen LogP contribution >= 0.6 is 0 Å². The highest BCUT2D eigenvalue weighted by molar-refractivity contribution is 5.10. The minimum atomic E-state index is 0.0278. The molecule has 2 heterocycles. The van der Waals surface area contributed by atoms with Crippen molar-refractivity contribution in [2.24, 2.45) is 0 Å². The van der Waals surface area contributed by atoms with Crippen LogP contribution in [0.1, 0.15) is 32.0 Å². The molecule has 0 spiro atoms. The Balaban J connectivity index is 2.04. The van der Waals surface area contributed by atoms with Gasteiger partial charge in [0.15, 0.2) is 0 Å². The fourth-order valence-corrected chi connectivity index (χ4v) is 2.97. The first-order valence-corrected chi connectivity index (χ1v) is 7.26. The summed E-state index contributed by atoms with van der Waals surface area (Å²) in [6.07, 6.45) is 3.01. The number of hydrogen-bond acceptors (Lipinski definition) is 4. The Kier molecular flexibility index (Phi) is 5.31. The van der Waals surface area contributed by atoms with Crippen molar-refractivity contribution in [1.29, 1.82) is 0 Å². The standard InChI is InChI=1S/C15H25N3O/c1-3-8-17-9-10-18(13(2)11-17)15(12-19)14-6-4-5-7-16-14/h4-7,13,15,19H,3,8-12H2,1-2H3. The molecule has 0 amide bonds. The van der Waals surface area contributed by atoms with Gasteiger partial charge in [-0.2, -0.15) is 0 Å². The molecule has 19 heavy (non-hydrogen) atoms. The summed E-state index contributed by atoms with van der Waals surface area (Å²) >= 11 is 0. The van der Waals surface area contributed by atoms with E-state index in [1.165, 1.54) is 13.0 Å². The molecule has 1 saturated heterocycles. The first-order chi connectivity index (χ1) is 9.26. The molecule has 106 valence electrons. The first kappa shape index (κ1) is 14.4. The van der Waals surface area contributed by atoms with Crippen LogP contribution in [-0.2, 0) is 0 Å². The highest BCUT2D eigenvalue weighted by Crippen LogP contribution is 2.23. The third-order valence-electron chi connectivity index (χ3n) is 3.91. The van der Waals surface area contributed by atoms with E-state index >= 15 is 0 Å². The summed E-state index contributed by atoms with van der Waals surface area (Å²) in [6, 6.07) is 6.40. The van der Waals surface area contributed by atoms with Crippen LogP contribution in [0, 0.1) is 0 Å². The van der Waals surface area contributed by atoms with Crippen molar-refractivity contribution in [1.82, 2.24) is 14.8 Å². The second kappa shape index (κ2) is 6.98. The maximum Gasteiger partial charge on any atom is 0.0758 e. The minimum Gasteiger partial charge on any atom is -0.394 e. The number of piperazine rings is 1. The van der Waals surface area contributed by atoms with Gasteiger partial charge in [-0.25, -0.2) is 0 Å². The summed E-state index contributed by atoms with van der Waals surface area (Å²) < 4.78 is 0. The average Bonchev–Trinajstić information content (AvgIpc) is 2.43. The molecule has 0 aromatic carbocycles. The summed E-state index contributed by atoms with van der Waals surface area (Å²) in [7, 11) is 0. The summed E-state index contributed by atoms with van der Waals surface area (Å²) in [6.45, 7) is 8.94. The zero-order valence-corrected chi connectivity index (χ0v) is 12.0. The number of aromatic nitrogens is 1. The van der Waals surface area contributed by atoms with E-state index < -0.39 is 0 Å². The zero-order chi connectivity index (χ0) is 13.7. The van der Waals surface area contributed by atoms with E-state index in [-0.39, 0.29) is 12.6 Å². The number of nitrogens with zero attached hydrogens (tertiary/aromatic N) is 3. The predicted molar refractivity (Wildman–Crippen MR) is 77.0 cm³/mol. The molecule has 4 heteroatoms. The summed E-state index contributed by atoms with van der Waals surface area (Å²) in [5.74, 6) is 0. The Bertz CT molecular complexity index is 371. The lowest BCUT2D eigenvalue weighted by atomic mass is 10.1. The van der Waals surface area contributed by atoms with Gasteiger partial charge in [-0.05, 0) is 32.0 Å². The van der Waals surface area contributed by atoms with Crippen molar-refractivity contribution in [2.75, 3.05) is 32.8 Å². The lowest BCUT2D eigenvalue weighted by Crippen LogP contribution is -2.53. The number of aliphatic hydroxyl groups excluding tert-OH is 1. The first-order valence-electron chi connectivity index (χ1n) is 7.26. The summed E-state index contributed by atoms with van der Waals surface area (Å²) in [5, 5.41) is 9.72. The van der Waals surface area contributed by atoms with Crippen molar-refractivity contribution in [3.63, 3.8) is 0 Å². The fraction of sp³-hybridized carbons (Fsp3) is 0.667. The van der Waals surface area contributed by atoms with Crippen LogP contribution < -0.4 is 0 Å². The van der Waals surface area contributed by atoms with Gasteiger partial charge >= 0.3 is 0 Å². The SMILES string of the molecule is CCCN1CCN(C(CO)c2ccccn2)C(C)C1. The minimum absolute atomic E-state index is 0.0278. The maximum absolute atomic E-state index is 9.72. The third-order valence-corrected chi connectivity index (χ3v) is 3.91. The van der Waals surface area contributed by atoms with Crippen LogP contribution in [-0.4, -0.2) is 58.7 Å². The molecular formula is C15H25N3O. The smallest absolute Gasteiger partial charge is 0.0758 e. The van der Waals surface area contributed by atoms with Crippen LogP contribution in [0.25, 0.3) is 0 Å². The van der Waals surface area contributed by atoms with Crippen molar-refractivity contribution >= 4 is 0 Å². The largest absolute Gasteiger partial charge is 0.394 e. The van der Waals surface area contributed by atoms with E-state index in [2.05, 4.69) is 28.6 Å². The molecule has 1 N–H and O–H groups in total. The lowest BCUT2D eigenvalue weighted by molar-refractivity contribution is 0.0237. The molecule has 0 bridgehead atoms. The Morgan fingerprint density at radius 1 is 1.42 bits per heavy atom. The van der Waals surface area contributed by atoms with Gasteiger partial charge in [-0.3, -0.25) is 9.88 Å². The molecule has 1 aliphatic heterocycles. The highest BCUT2D eigenvalue weighted by Gasteiger charge is 2.30. The molecule has 2 rings (SSSR count). The summed E-state index contributed by atoms with van der Waals surface area (Å²) in [4.78, 5) is 9.29. The van der Waals surface area contributed by atoms with Gasteiger partial charge in [0.25, 0.3) is 0 Å². The lowest BCUT2D eigenvalue weighted by Gasteiger charge is -2.43. The Labute approximate surface area is 116 Å². The van der Waals surface area contributed by atoms with Gasteiger partial charge in [0, 0.05) is 31.9 Å². The molecule has 2 atom stereocenters. The predicted octanol–water partition coefficient (Wildman–Crippen LogP) is 1.53. The van der Waals surface area contributed by atoms with Crippen molar-refractivity contribution in [2.45, 2.75) is 32.4 Å². The molecule has 2 unspecified atom stereocenters. The van der Waals surface area contributed by atoms with Gasteiger partial charge in [-0.1, -0.05) is 13.0 Å². The van der Waals surface area contributed by atoms with E-state index in [0.29, 0.717) is 6.04 Å². The topological polar surface area (TPSA) is 39.6 Å². The molecule has 1 aromatic rings. The summed E-state index contributed by atoms with van der Waals surface area (Å²) in [5.41, 5.74) is 0.973. The molecule has 1 aliphatic rings. The van der Waals surface area contributed by atoms with Gasteiger partial charge in [0.05, 0.1) is 18.3 Å². The monoisotopic (exact) mass is 263 g/mol. The van der Waals surface area contributed by atoms with Crippen molar-refractivity contribution < 1.29 is 5.11 Å². The quantitative estimate of drug-likeness (QED) is 0.874. The highest BCUT2D eigenvalue weighted by atomic mass is 16.3. The van der Waals surface area contributed by atoms with Crippen LogP contribution in [0.4, 0.5) is 0 Å². The normalized spacial score (nSPS) is 23.4. The van der Waals surface area contributed by atoms with Crippen LogP contribution in [0.15, 0.2) is 24.4 Å². The zero-order valence-electron chi connectivity index (χ0n) is 12.0. The second-order valence-corrected chi connectivity index (χ2v) is 5.34. The maximum atomic E-state index is 9.72. The third kappa shape index (κ3) is 3.53. The molecule has 0 aliphatic carbocycles. The van der Waals surface area contributed by atoms with E-state index in [1.54, 1.807) is 6.20 Å². The molecular weight excluding hydrogens is 238 g/mol. The van der Waals surface area contributed by atoms with E-state index in [9.17, 15) is 5.11 Å². The van der Waals surface area contributed by atoms with Crippen LogP contribution in [0.5, 0.6) is 0 Å². The number of hydrogen-bond donors (Lipinski definition) is 1. The fourth-order valence-electron chi connectivity index (χ4n) is 2.97. The van der Waals surface area contributed by atoms with Crippen LogP contribution in [0.2, 0.25) is 0 Å². The second-order valence-electron chi connectivity index (χ2n) is 5.34. The number of aliphatic hydroxyl groups is 1. The van der Waals surface area contributed by atoms with Crippen molar-refractivity contribution in [3.05, 3.63) is 30.1 Å². The molecule has 4 nitrogen and oxygen atoms in total. The Morgan fingerprint density at radius 3 is 2.84 bits per heavy atom. The number of rotatable bonds is 5. The van der Waals surface area contributed by atoms with Crippen molar-refractivity contribution in [3.8, 4) is 0 Å². The Hall–Kier alpha value is -0.970. The molecule has 1 fully saturated rings. The molecule has 1 aromatic heterocycles. The van der Waals surface area contributed by atoms with E-state index in [4.69, 9.17) is 0 Å². The average molecular weight is 263 g/mol. The Morgan fingerprint density at radius 2 is 2.26 bits per heavy atom. The van der Waals surface area contributed by atoms with Gasteiger partial charge in [0.1, 0.15) is 0 Å².